The molecule has 0 radical (unpaired) electrons. The lowest BCUT2D eigenvalue weighted by molar-refractivity contribution is -0.117. The topological polar surface area (TPSA) is 41.5 Å². The van der Waals surface area contributed by atoms with Crippen molar-refractivity contribution < 1.29 is 4.79 Å². The number of nitrogens with one attached hydrogen (secondary N) is 1. The molecule has 0 unspecified atom stereocenters. The van der Waals surface area contributed by atoms with Gasteiger partial charge in [-0.1, -0.05) is 25.1 Å². The lowest BCUT2D eigenvalue weighted by Gasteiger charge is -1.97. The van der Waals surface area contributed by atoms with E-state index < -0.39 is 0 Å². The molecule has 0 aromatic rings. The van der Waals surface area contributed by atoms with Gasteiger partial charge in [-0.25, -0.2) is 0 Å². The number of rotatable bonds is 3. The van der Waals surface area contributed by atoms with Crippen molar-refractivity contribution in [3.8, 4) is 0 Å². The third-order valence-electron chi connectivity index (χ3n) is 1.35. The zero-order valence-corrected chi connectivity index (χ0v) is 7.41. The second-order valence-electron chi connectivity index (χ2n) is 2.37. The smallest absolute Gasteiger partial charge is 0.247 e. The van der Waals surface area contributed by atoms with Crippen LogP contribution in [0.25, 0.3) is 0 Å². The zero-order valence-electron chi connectivity index (χ0n) is 6.59. The standard InChI is InChI=1S/C7H12N2OS/c1-2-3-4-11-7-8-5-6(10)9-7/h2-5H2,1H3,(H,8,9,10). The molecule has 62 valence electrons. The van der Waals surface area contributed by atoms with Gasteiger partial charge in [-0.05, 0) is 6.42 Å². The number of hydrogen-bond acceptors (Lipinski definition) is 3. The Balaban J connectivity index is 2.13. The first-order valence-corrected chi connectivity index (χ1v) is 4.78. The van der Waals surface area contributed by atoms with Gasteiger partial charge in [0.15, 0.2) is 5.17 Å². The molecular formula is C7H12N2OS. The lowest BCUT2D eigenvalue weighted by Crippen LogP contribution is -2.22. The first kappa shape index (κ1) is 8.59. The van der Waals surface area contributed by atoms with Gasteiger partial charge in [-0.3, -0.25) is 9.79 Å². The highest BCUT2D eigenvalue weighted by Crippen LogP contribution is 2.08. The van der Waals surface area contributed by atoms with Crippen molar-refractivity contribution in [2.45, 2.75) is 19.8 Å². The van der Waals surface area contributed by atoms with Crippen molar-refractivity contribution in [2.24, 2.45) is 4.99 Å². The fourth-order valence-corrected chi connectivity index (χ4v) is 1.71. The third-order valence-corrected chi connectivity index (χ3v) is 2.35. The molecule has 1 aliphatic heterocycles. The summed E-state index contributed by atoms with van der Waals surface area (Å²) in [4.78, 5) is 14.7. The minimum absolute atomic E-state index is 0.0176. The Morgan fingerprint density at radius 3 is 3.09 bits per heavy atom. The molecule has 0 aromatic heterocycles. The van der Waals surface area contributed by atoms with E-state index in [2.05, 4.69) is 17.2 Å². The summed E-state index contributed by atoms with van der Waals surface area (Å²) < 4.78 is 0. The maximum atomic E-state index is 10.6. The second-order valence-corrected chi connectivity index (χ2v) is 3.46. The van der Waals surface area contributed by atoms with Crippen LogP contribution in [0.5, 0.6) is 0 Å². The van der Waals surface area contributed by atoms with E-state index in [9.17, 15) is 4.79 Å². The van der Waals surface area contributed by atoms with E-state index in [-0.39, 0.29) is 5.91 Å². The number of hydrogen-bond donors (Lipinski definition) is 1. The van der Waals surface area contributed by atoms with Crippen molar-refractivity contribution in [3.05, 3.63) is 0 Å². The van der Waals surface area contributed by atoms with Gasteiger partial charge in [-0.2, -0.15) is 0 Å². The molecule has 11 heavy (non-hydrogen) atoms. The monoisotopic (exact) mass is 172 g/mol. The predicted octanol–water partition coefficient (Wildman–Crippen LogP) is 1.01. The Morgan fingerprint density at radius 1 is 1.73 bits per heavy atom. The quantitative estimate of drug-likeness (QED) is 0.645. The number of unbranched alkanes of at least 4 members (excludes halogenated alkanes) is 1. The molecule has 0 atom stereocenters. The number of aliphatic imine (C=N–C) groups is 1. The van der Waals surface area contributed by atoms with Gasteiger partial charge < -0.3 is 5.32 Å². The minimum Gasteiger partial charge on any atom is -0.304 e. The van der Waals surface area contributed by atoms with Crippen LogP contribution in [0.1, 0.15) is 19.8 Å². The minimum atomic E-state index is 0.0176. The lowest BCUT2D eigenvalue weighted by atomic mass is 10.4. The van der Waals surface area contributed by atoms with Gasteiger partial charge in [-0.15, -0.1) is 0 Å². The molecule has 0 saturated heterocycles. The molecule has 0 aromatic carbocycles. The number of amidine groups is 1. The average molecular weight is 172 g/mol. The van der Waals surface area contributed by atoms with E-state index in [1.165, 1.54) is 12.8 Å². The Kier molecular flexibility index (Phi) is 3.42. The third kappa shape index (κ3) is 2.93. The maximum absolute atomic E-state index is 10.6. The first-order chi connectivity index (χ1) is 5.33. The van der Waals surface area contributed by atoms with Gasteiger partial charge in [0.05, 0.1) is 0 Å². The molecule has 0 saturated carbocycles. The van der Waals surface area contributed by atoms with Gasteiger partial charge in [0.2, 0.25) is 5.91 Å². The van der Waals surface area contributed by atoms with Gasteiger partial charge in [0.1, 0.15) is 6.54 Å². The van der Waals surface area contributed by atoms with E-state index in [1.54, 1.807) is 11.8 Å². The van der Waals surface area contributed by atoms with E-state index in [4.69, 9.17) is 0 Å². The van der Waals surface area contributed by atoms with E-state index >= 15 is 0 Å². The molecule has 1 amide bonds. The molecule has 0 bridgehead atoms. The Hall–Kier alpha value is -0.510. The Labute approximate surface area is 70.7 Å². The van der Waals surface area contributed by atoms with Gasteiger partial charge in [0.25, 0.3) is 0 Å². The van der Waals surface area contributed by atoms with Crippen molar-refractivity contribution >= 4 is 22.8 Å². The van der Waals surface area contributed by atoms with Gasteiger partial charge in [0, 0.05) is 5.75 Å². The molecule has 0 aliphatic carbocycles. The molecule has 1 heterocycles. The molecule has 0 spiro atoms. The van der Waals surface area contributed by atoms with Crippen molar-refractivity contribution in [3.63, 3.8) is 0 Å². The average Bonchev–Trinajstić information content (AvgIpc) is 2.37. The fourth-order valence-electron chi connectivity index (χ4n) is 0.737. The normalized spacial score (nSPS) is 16.5. The van der Waals surface area contributed by atoms with Crippen LogP contribution in [0.4, 0.5) is 0 Å². The van der Waals surface area contributed by atoms with Crippen LogP contribution in [-0.4, -0.2) is 23.4 Å². The first-order valence-electron chi connectivity index (χ1n) is 3.80. The second kappa shape index (κ2) is 4.38. The number of amides is 1. The summed E-state index contributed by atoms with van der Waals surface area (Å²) in [7, 11) is 0. The highest BCUT2D eigenvalue weighted by atomic mass is 32.2. The number of thioether (sulfide) groups is 1. The maximum Gasteiger partial charge on any atom is 0.247 e. The fraction of sp³-hybridized carbons (Fsp3) is 0.714. The summed E-state index contributed by atoms with van der Waals surface area (Å²) in [5, 5.41) is 3.48. The van der Waals surface area contributed by atoms with Crippen LogP contribution in [0.2, 0.25) is 0 Å². The van der Waals surface area contributed by atoms with E-state index in [0.29, 0.717) is 6.54 Å². The number of nitrogens with zero attached hydrogens (tertiary/aromatic N) is 1. The molecule has 1 N–H and O–H groups in total. The highest BCUT2D eigenvalue weighted by Gasteiger charge is 2.12. The van der Waals surface area contributed by atoms with E-state index in [1.807, 2.05) is 0 Å². The number of carbonyl (C=O) groups is 1. The van der Waals surface area contributed by atoms with Crippen LogP contribution < -0.4 is 5.32 Å². The van der Waals surface area contributed by atoms with Crippen LogP contribution in [-0.2, 0) is 4.79 Å². The van der Waals surface area contributed by atoms with Crippen LogP contribution in [0.3, 0.4) is 0 Å². The van der Waals surface area contributed by atoms with Crippen LogP contribution in [0, 0.1) is 0 Å². The summed E-state index contributed by atoms with van der Waals surface area (Å²) in [5.74, 6) is 1.07. The largest absolute Gasteiger partial charge is 0.304 e. The SMILES string of the molecule is CCCCSC1=NCC(=O)N1. The highest BCUT2D eigenvalue weighted by molar-refractivity contribution is 8.13. The van der Waals surface area contributed by atoms with Crippen molar-refractivity contribution in [1.82, 2.24) is 5.32 Å². The zero-order chi connectivity index (χ0) is 8.10. The van der Waals surface area contributed by atoms with Gasteiger partial charge >= 0.3 is 0 Å². The summed E-state index contributed by atoms with van der Waals surface area (Å²) in [5.41, 5.74) is 0. The molecule has 3 nitrogen and oxygen atoms in total. The Bertz CT molecular complexity index is 179. The van der Waals surface area contributed by atoms with Crippen LogP contribution >= 0.6 is 11.8 Å². The predicted molar refractivity (Wildman–Crippen MR) is 47.8 cm³/mol. The molecule has 1 rings (SSSR count). The summed E-state index contributed by atoms with van der Waals surface area (Å²) in [6.45, 7) is 2.46. The van der Waals surface area contributed by atoms with Crippen molar-refractivity contribution in [2.75, 3.05) is 12.3 Å². The molecule has 4 heteroatoms. The van der Waals surface area contributed by atoms with E-state index in [0.717, 1.165) is 10.9 Å². The molecular weight excluding hydrogens is 160 g/mol. The summed E-state index contributed by atoms with van der Waals surface area (Å²) in [6, 6.07) is 0. The number of carbonyl (C=O) groups excluding carboxylic acids is 1. The summed E-state index contributed by atoms with van der Waals surface area (Å²) >= 11 is 1.63. The molecule has 0 fully saturated rings. The van der Waals surface area contributed by atoms with Crippen LogP contribution in [0.15, 0.2) is 4.99 Å². The Morgan fingerprint density at radius 2 is 2.55 bits per heavy atom. The van der Waals surface area contributed by atoms with Crippen molar-refractivity contribution in [1.29, 1.82) is 0 Å². The molecule has 1 aliphatic rings. The summed E-state index contributed by atoms with van der Waals surface area (Å²) in [6.07, 6.45) is 2.37.